The molecule has 13 amide bonds. The third-order valence-electron chi connectivity index (χ3n) is 21.0. The molecule has 0 spiro atoms. The second-order valence-electron chi connectivity index (χ2n) is 33.4. The van der Waals surface area contributed by atoms with Gasteiger partial charge in [0.05, 0.1) is 19.3 Å². The molecule has 0 bridgehead atoms. The zero-order valence-corrected chi connectivity index (χ0v) is 76.3. The summed E-state index contributed by atoms with van der Waals surface area (Å²) >= 11 is 1.43. The average Bonchev–Trinajstić information content (AvgIpc) is 1.70. The Morgan fingerprint density at radius 2 is 0.828 bits per heavy atom. The molecule has 1 aliphatic rings. The van der Waals surface area contributed by atoms with E-state index in [0.717, 1.165) is 13.8 Å². The van der Waals surface area contributed by atoms with Gasteiger partial charge in [0.2, 0.25) is 70.9 Å². The summed E-state index contributed by atoms with van der Waals surface area (Å²) in [6.45, 7) is 14.7. The number of unbranched alkanes of at least 4 members (excludes halogenated alkanes) is 2. The van der Waals surface area contributed by atoms with Gasteiger partial charge in [0.15, 0.2) is 11.9 Å². The van der Waals surface area contributed by atoms with Crippen molar-refractivity contribution >= 4 is 107 Å². The molecule has 0 unspecified atom stereocenters. The van der Waals surface area contributed by atoms with Crippen LogP contribution in [-0.4, -0.2) is 263 Å². The van der Waals surface area contributed by atoms with Gasteiger partial charge in [-0.15, -0.1) is 0 Å². The van der Waals surface area contributed by atoms with Gasteiger partial charge in [-0.3, -0.25) is 67.5 Å². The molecule has 16 atom stereocenters. The molecule has 3 aromatic rings. The highest BCUT2D eigenvalue weighted by Crippen LogP contribution is 2.23. The quantitative estimate of drug-likeness (QED) is 0.0136. The van der Waals surface area contributed by atoms with Crippen molar-refractivity contribution in [1.82, 2.24) is 68.7 Å². The number of alkyl carbamates (subject to hydrolysis) is 1. The summed E-state index contributed by atoms with van der Waals surface area (Å²) in [6.07, 6.45) is -0.700. The number of amides is 13. The first kappa shape index (κ1) is 109. The van der Waals surface area contributed by atoms with Crippen molar-refractivity contribution in [2.45, 2.75) is 274 Å². The van der Waals surface area contributed by atoms with E-state index in [2.05, 4.69) is 73.8 Å². The van der Waals surface area contributed by atoms with Crippen LogP contribution in [0.1, 0.15) is 175 Å². The number of aliphatic imine (C=N–C) groups is 2. The fourth-order valence-corrected chi connectivity index (χ4v) is 14.4. The number of rotatable bonds is 56. The molecule has 41 heteroatoms. The number of aliphatic hydroxyl groups is 2. The molecule has 0 aliphatic carbocycles. The highest BCUT2D eigenvalue weighted by atomic mass is 32.2. The number of guanidine groups is 2. The molecule has 3 aromatic carbocycles. The summed E-state index contributed by atoms with van der Waals surface area (Å²) in [4.78, 5) is 212. The zero-order valence-electron chi connectivity index (χ0n) is 75.5. The Balaban J connectivity index is 1.69. The van der Waals surface area contributed by atoms with E-state index in [-0.39, 0.29) is 140 Å². The van der Waals surface area contributed by atoms with Crippen LogP contribution in [-0.2, 0) is 91.1 Å². The van der Waals surface area contributed by atoms with Gasteiger partial charge in [-0.1, -0.05) is 107 Å². The number of nitrogens with one attached hydrogen (secondary N) is 12. The summed E-state index contributed by atoms with van der Waals surface area (Å²) < 4.78 is 10.4. The SMILES string of the molecule is CC[C@H](C)[C@H](NC(=O)[C@H](CCCN=C(N)N)NC(=O)[C@H](CCCCN)NC(=O)[C@H](Cc1ccccc1)NC(=O)[C@@H](NC(=O)[C@@H](NC(=O)[C@H](Cc1ccc(O)cc1)NC(=O)OC(C)(C)C)[C@@H](C)O)[C@@H](C)O)C(=O)N[C@@H](Cc1ccccc1)C(=O)N[C@@H](CC(C)C)C(=O)N[C@@H](CCCCN)C(=O)N[C@@H](CCCN=C(N)N)C(=O)N[C@@H](CCSC)C(=O)N1CCC[C@H]1C(=O)OC. The van der Waals surface area contributed by atoms with Gasteiger partial charge in [0, 0.05) is 38.9 Å². The number of nitrogens with two attached hydrogens (primary N) is 6. The standard InChI is InChI=1S/C87H139N21O19S/c1-12-51(4)68(79(120)102-65(48-55-28-17-14-18-29-55)77(118)101-63(46-50(2)3)75(116)98-58(30-19-21-40-88)71(112)96-60(32-23-42-94-84(90)91)73(114)100-62(39-45-128-11)82(123)108-44-25-34-67(108)83(124)126-10)105-74(115)61(33-24-43-95-85(92)93)97-72(113)59(31-20-22-41-89)99-76(117)64(47-54-26-15-13-16-27-54)103-80(121)69(52(5)109)107-81(122)70(53(6)110)106-78(119)66(104-86(125)127-87(7,8)9)49-56-35-37-57(111)38-36-56/h13-18,26-29,35-38,50-53,58-70,109-111H,12,19-25,30-34,39-49,88-89H2,1-11H3,(H,96,112)(H,97,113)(H,98,116)(H,99,117)(H,100,114)(H,101,118)(H,102,120)(H,103,121)(H,104,125)(H,105,115)(H,106,119)(H,107,122)(H4,90,91,94)(H4,92,93,95)/t51-,52+,53+,58-,59-,60-,61-,62-,63-,64-,65-,66-,67-,68-,69-,70-/m0/s1. The van der Waals surface area contributed by atoms with Gasteiger partial charge >= 0.3 is 12.1 Å². The molecule has 40 nitrogen and oxygen atoms in total. The molecular weight excluding hydrogens is 1680 g/mol. The minimum atomic E-state index is -1.90. The van der Waals surface area contributed by atoms with Crippen molar-refractivity contribution in [3.05, 3.63) is 102 Å². The Labute approximate surface area is 753 Å². The number of thioether (sulfide) groups is 1. The largest absolute Gasteiger partial charge is 0.508 e. The van der Waals surface area contributed by atoms with Gasteiger partial charge in [-0.2, -0.15) is 11.8 Å². The zero-order chi connectivity index (χ0) is 95.3. The number of nitrogens with zero attached hydrogens (tertiary/aromatic N) is 3. The Hall–Kier alpha value is -11.4. The molecule has 128 heavy (non-hydrogen) atoms. The fraction of sp³-hybridized carbons (Fsp3) is 0.609. The number of benzene rings is 3. The van der Waals surface area contributed by atoms with E-state index in [4.69, 9.17) is 43.9 Å². The molecule has 1 heterocycles. The number of phenolic OH excluding ortho intramolecular Hbond substituents is 1. The lowest BCUT2D eigenvalue weighted by atomic mass is 9.96. The second kappa shape index (κ2) is 56.7. The summed E-state index contributed by atoms with van der Waals surface area (Å²) in [6, 6.07) is 3.86. The minimum absolute atomic E-state index is 0.00306. The van der Waals surface area contributed by atoms with Crippen LogP contribution in [0.4, 0.5) is 4.79 Å². The maximum absolute atomic E-state index is 15.2. The third-order valence-corrected chi connectivity index (χ3v) is 21.7. The molecule has 1 fully saturated rings. The number of likely N-dealkylation sites (tertiary alicyclic amines) is 1. The Bertz CT molecular complexity index is 4120. The van der Waals surface area contributed by atoms with E-state index in [0.29, 0.717) is 54.5 Å². The first-order valence-electron chi connectivity index (χ1n) is 43.6. The molecular formula is C87H139N21O19S. The van der Waals surface area contributed by atoms with E-state index >= 15 is 19.2 Å². The molecule has 4 rings (SSSR count). The predicted molar refractivity (Wildman–Crippen MR) is 484 cm³/mol. The lowest BCUT2D eigenvalue weighted by molar-refractivity contribution is -0.152. The molecule has 27 N–H and O–H groups in total. The maximum Gasteiger partial charge on any atom is 0.408 e. The van der Waals surface area contributed by atoms with Crippen molar-refractivity contribution in [1.29, 1.82) is 0 Å². The van der Waals surface area contributed by atoms with E-state index in [1.54, 1.807) is 109 Å². The highest BCUT2D eigenvalue weighted by Gasteiger charge is 2.42. The number of carbonyl (C=O) groups is 14. The van der Waals surface area contributed by atoms with Crippen LogP contribution in [0.2, 0.25) is 0 Å². The Morgan fingerprint density at radius 1 is 0.469 bits per heavy atom. The molecule has 0 aromatic heterocycles. The number of phenols is 1. The summed E-state index contributed by atoms with van der Waals surface area (Å²) in [5.41, 5.74) is 35.0. The van der Waals surface area contributed by atoms with Gasteiger partial charge in [0.25, 0.3) is 0 Å². The monoisotopic (exact) mass is 1810 g/mol. The number of aliphatic hydroxyl groups excluding tert-OH is 2. The summed E-state index contributed by atoms with van der Waals surface area (Å²) in [5.74, 6) is -12.4. The highest BCUT2D eigenvalue weighted by molar-refractivity contribution is 7.98. The number of methoxy groups -OCH3 is 1. The van der Waals surface area contributed by atoms with Crippen molar-refractivity contribution in [3.63, 3.8) is 0 Å². The second-order valence-corrected chi connectivity index (χ2v) is 34.3. The summed E-state index contributed by atoms with van der Waals surface area (Å²) in [7, 11) is 1.22. The topological polar surface area (TPSA) is 647 Å². The first-order valence-corrected chi connectivity index (χ1v) is 45.0. The lowest BCUT2D eigenvalue weighted by Crippen LogP contribution is -2.63. The van der Waals surface area contributed by atoms with Crippen molar-refractivity contribution in [2.24, 2.45) is 56.2 Å². The number of hydrogen-bond acceptors (Lipinski definition) is 24. The number of ether oxygens (including phenoxy) is 2. The molecule has 0 saturated carbocycles. The Kier molecular flexibility index (Phi) is 48.2. The van der Waals surface area contributed by atoms with E-state index < -0.39 is 185 Å². The van der Waals surface area contributed by atoms with Gasteiger partial charge < -0.3 is 128 Å². The predicted octanol–water partition coefficient (Wildman–Crippen LogP) is -1.22. The molecule has 712 valence electrons. The van der Waals surface area contributed by atoms with Crippen molar-refractivity contribution in [3.8, 4) is 5.75 Å². The summed E-state index contributed by atoms with van der Waals surface area (Å²) in [5, 5.41) is 64.3. The maximum atomic E-state index is 15.2. The van der Waals surface area contributed by atoms with Crippen LogP contribution >= 0.6 is 11.8 Å². The van der Waals surface area contributed by atoms with E-state index in [1.807, 2.05) is 6.26 Å². The van der Waals surface area contributed by atoms with Gasteiger partial charge in [-0.25, -0.2) is 9.59 Å². The van der Waals surface area contributed by atoms with Crippen LogP contribution < -0.4 is 98.2 Å². The van der Waals surface area contributed by atoms with Gasteiger partial charge in [-0.05, 0) is 190 Å². The van der Waals surface area contributed by atoms with Crippen LogP contribution in [0.15, 0.2) is 94.9 Å². The van der Waals surface area contributed by atoms with Crippen molar-refractivity contribution < 1.29 is 91.9 Å². The van der Waals surface area contributed by atoms with Crippen LogP contribution in [0.3, 0.4) is 0 Å². The average molecular weight is 1820 g/mol. The third kappa shape index (κ3) is 39.4. The smallest absolute Gasteiger partial charge is 0.408 e. The van der Waals surface area contributed by atoms with E-state index in [1.165, 1.54) is 48.0 Å². The number of esters is 1. The lowest BCUT2D eigenvalue weighted by Gasteiger charge is -2.30. The number of hydrogen-bond donors (Lipinski definition) is 21. The number of aromatic hydroxyl groups is 1. The molecule has 1 aliphatic heterocycles. The van der Waals surface area contributed by atoms with Gasteiger partial charge in [0.1, 0.15) is 89.9 Å². The van der Waals surface area contributed by atoms with E-state index in [9.17, 15) is 63.3 Å². The van der Waals surface area contributed by atoms with Crippen LogP contribution in [0.5, 0.6) is 5.75 Å². The molecule has 0 radical (unpaired) electrons. The first-order chi connectivity index (χ1) is 60.6. The van der Waals surface area contributed by atoms with Crippen molar-refractivity contribution in [2.75, 3.05) is 51.8 Å². The number of carbonyl (C=O) groups excluding carboxylic acids is 14. The van der Waals surface area contributed by atoms with Crippen LogP contribution in [0.25, 0.3) is 0 Å². The fourth-order valence-electron chi connectivity index (χ4n) is 13.9. The molecule has 1 saturated heterocycles. The minimum Gasteiger partial charge on any atom is -0.508 e. The Morgan fingerprint density at radius 3 is 1.23 bits per heavy atom. The van der Waals surface area contributed by atoms with Crippen LogP contribution in [0, 0.1) is 11.8 Å². The normalized spacial score (nSPS) is 16.0.